The Balaban J connectivity index is 1.83. The molecule has 2 aromatic carbocycles. The molecule has 0 aliphatic carbocycles. The second-order valence-electron chi connectivity index (χ2n) is 7.49. The molecule has 0 fully saturated rings. The highest BCUT2D eigenvalue weighted by molar-refractivity contribution is 9.10. The summed E-state index contributed by atoms with van der Waals surface area (Å²) in [4.78, 5) is 33.0. The Kier molecular flexibility index (Phi) is 4.33. The Morgan fingerprint density at radius 1 is 0.967 bits per heavy atom. The second-order valence-corrected chi connectivity index (χ2v) is 8.41. The summed E-state index contributed by atoms with van der Waals surface area (Å²) in [5.74, 6) is 0.195. The zero-order valence-electron chi connectivity index (χ0n) is 16.3. The first-order chi connectivity index (χ1) is 14.4. The quantitative estimate of drug-likeness (QED) is 0.406. The molecular weight excluding hydrogens is 444 g/mol. The van der Waals surface area contributed by atoms with Gasteiger partial charge in [0, 0.05) is 10.7 Å². The molecule has 30 heavy (non-hydrogen) atoms. The third-order valence-electron chi connectivity index (χ3n) is 5.37. The highest BCUT2D eigenvalue weighted by Crippen LogP contribution is 2.40. The number of aryl methyl sites for hydroxylation is 2. The normalized spacial score (nSPS) is 15.6. The fourth-order valence-electron chi connectivity index (χ4n) is 3.90. The van der Waals surface area contributed by atoms with Crippen LogP contribution in [0.4, 0.5) is 5.82 Å². The van der Waals surface area contributed by atoms with Crippen molar-refractivity contribution in [1.82, 2.24) is 4.98 Å². The minimum Gasteiger partial charge on any atom is -0.450 e. The number of hydrogen-bond acceptors (Lipinski definition) is 4. The number of anilines is 1. The van der Waals surface area contributed by atoms with Gasteiger partial charge in [-0.25, -0.2) is 4.98 Å². The Hall–Kier alpha value is -3.25. The number of halogens is 1. The maximum absolute atomic E-state index is 13.5. The summed E-state index contributed by atoms with van der Waals surface area (Å²) >= 11 is 3.42. The summed E-state index contributed by atoms with van der Waals surface area (Å²) in [5.41, 5.74) is 3.42. The van der Waals surface area contributed by atoms with Gasteiger partial charge in [-0.05, 0) is 55.3 Å². The average molecular weight is 461 g/mol. The monoisotopic (exact) mass is 460 g/mol. The Morgan fingerprint density at radius 2 is 1.73 bits per heavy atom. The van der Waals surface area contributed by atoms with Gasteiger partial charge >= 0.3 is 0 Å². The summed E-state index contributed by atoms with van der Waals surface area (Å²) in [7, 11) is 0. The number of amides is 1. The first-order valence-corrected chi connectivity index (χ1v) is 10.3. The van der Waals surface area contributed by atoms with Crippen LogP contribution in [0, 0.1) is 13.8 Å². The summed E-state index contributed by atoms with van der Waals surface area (Å²) in [6, 6.07) is 16.1. The predicted molar refractivity (Wildman–Crippen MR) is 119 cm³/mol. The van der Waals surface area contributed by atoms with E-state index >= 15 is 0 Å². The Labute approximate surface area is 181 Å². The van der Waals surface area contributed by atoms with Crippen molar-refractivity contribution < 1.29 is 9.21 Å². The molecule has 1 aliphatic heterocycles. The van der Waals surface area contributed by atoms with Gasteiger partial charge in [-0.1, -0.05) is 45.8 Å². The lowest BCUT2D eigenvalue weighted by molar-refractivity contribution is 0.0970. The van der Waals surface area contributed by atoms with Crippen LogP contribution < -0.4 is 10.3 Å². The lowest BCUT2D eigenvalue weighted by atomic mass is 9.97. The highest BCUT2D eigenvalue weighted by atomic mass is 79.9. The van der Waals surface area contributed by atoms with E-state index < -0.39 is 6.04 Å². The molecule has 0 unspecified atom stereocenters. The first-order valence-electron chi connectivity index (χ1n) is 9.53. The van der Waals surface area contributed by atoms with Crippen molar-refractivity contribution in [1.29, 1.82) is 0 Å². The van der Waals surface area contributed by atoms with Gasteiger partial charge in [0.15, 0.2) is 5.43 Å². The van der Waals surface area contributed by atoms with Gasteiger partial charge in [0.05, 0.1) is 17.0 Å². The molecule has 6 heteroatoms. The van der Waals surface area contributed by atoms with E-state index in [0.717, 1.165) is 21.2 Å². The third-order valence-corrected chi connectivity index (χ3v) is 5.87. The number of hydrogen-bond donors (Lipinski definition) is 0. The largest absolute Gasteiger partial charge is 0.450 e. The molecule has 5 nitrogen and oxygen atoms in total. The number of carbonyl (C=O) groups is 1. The van der Waals surface area contributed by atoms with Crippen LogP contribution in [0.2, 0.25) is 0 Å². The smallest absolute Gasteiger partial charge is 0.296 e. The summed E-state index contributed by atoms with van der Waals surface area (Å²) in [6.07, 6.45) is 1.66. The lowest BCUT2D eigenvalue weighted by Gasteiger charge is -2.24. The molecule has 0 N–H and O–H groups in total. The van der Waals surface area contributed by atoms with Crippen LogP contribution in [0.15, 0.2) is 74.5 Å². The van der Waals surface area contributed by atoms with Gasteiger partial charge in [0.1, 0.15) is 11.4 Å². The Bertz CT molecular complexity index is 1380. The maximum Gasteiger partial charge on any atom is 0.296 e. The number of pyridine rings is 1. The van der Waals surface area contributed by atoms with Crippen LogP contribution in [-0.4, -0.2) is 10.9 Å². The number of benzene rings is 2. The van der Waals surface area contributed by atoms with Crippen LogP contribution in [-0.2, 0) is 0 Å². The summed E-state index contributed by atoms with van der Waals surface area (Å²) in [6.45, 7) is 3.94. The predicted octanol–water partition coefficient (Wildman–Crippen LogP) is 5.32. The van der Waals surface area contributed by atoms with Crippen LogP contribution in [0.1, 0.15) is 38.9 Å². The van der Waals surface area contributed by atoms with Crippen LogP contribution in [0.3, 0.4) is 0 Å². The number of fused-ring (bicyclic) bond motifs is 2. The van der Waals surface area contributed by atoms with Gasteiger partial charge in [-0.2, -0.15) is 0 Å². The molecule has 3 heterocycles. The van der Waals surface area contributed by atoms with Crippen molar-refractivity contribution in [3.63, 3.8) is 0 Å². The van der Waals surface area contributed by atoms with Crippen molar-refractivity contribution in [2.24, 2.45) is 0 Å². The molecule has 0 saturated heterocycles. The van der Waals surface area contributed by atoms with E-state index in [1.54, 1.807) is 29.3 Å². The zero-order chi connectivity index (χ0) is 21.0. The molecule has 1 amide bonds. The molecule has 1 atom stereocenters. The molecule has 5 rings (SSSR count). The maximum atomic E-state index is 13.5. The topological polar surface area (TPSA) is 63.4 Å². The Morgan fingerprint density at radius 3 is 2.47 bits per heavy atom. The van der Waals surface area contributed by atoms with Crippen molar-refractivity contribution in [3.05, 3.63) is 104 Å². The lowest BCUT2D eigenvalue weighted by Crippen LogP contribution is -2.30. The van der Waals surface area contributed by atoms with Crippen molar-refractivity contribution >= 4 is 38.6 Å². The van der Waals surface area contributed by atoms with E-state index in [1.165, 1.54) is 0 Å². The molecule has 0 radical (unpaired) electrons. The first kappa shape index (κ1) is 18.8. The van der Waals surface area contributed by atoms with E-state index in [4.69, 9.17) is 4.42 Å². The number of nitrogens with zero attached hydrogens (tertiary/aromatic N) is 2. The van der Waals surface area contributed by atoms with Crippen molar-refractivity contribution in [2.45, 2.75) is 19.9 Å². The average Bonchev–Trinajstić information content (AvgIpc) is 3.02. The summed E-state index contributed by atoms with van der Waals surface area (Å²) in [5, 5.41) is 0.437. The second kappa shape index (κ2) is 6.92. The molecule has 148 valence electrons. The third kappa shape index (κ3) is 2.87. The van der Waals surface area contributed by atoms with Gasteiger partial charge < -0.3 is 4.42 Å². The van der Waals surface area contributed by atoms with E-state index in [1.807, 2.05) is 50.2 Å². The van der Waals surface area contributed by atoms with E-state index in [-0.39, 0.29) is 17.1 Å². The van der Waals surface area contributed by atoms with Crippen LogP contribution in [0.25, 0.3) is 11.0 Å². The van der Waals surface area contributed by atoms with E-state index in [0.29, 0.717) is 22.4 Å². The molecule has 0 spiro atoms. The van der Waals surface area contributed by atoms with Gasteiger partial charge in [-0.15, -0.1) is 0 Å². The highest BCUT2D eigenvalue weighted by Gasteiger charge is 2.44. The zero-order valence-corrected chi connectivity index (χ0v) is 17.9. The molecule has 0 saturated carbocycles. The minimum atomic E-state index is -0.609. The molecule has 1 aliphatic rings. The minimum absolute atomic E-state index is 0.0729. The number of carbonyl (C=O) groups excluding carboxylic acids is 1. The number of rotatable bonds is 2. The SMILES string of the molecule is Cc1ccc([C@H]2c3c(oc4ccc(Br)cc4c3=O)C(=O)N2c2cc(C)ccn2)cc1. The fourth-order valence-corrected chi connectivity index (χ4v) is 4.26. The van der Waals surface area contributed by atoms with Crippen molar-refractivity contribution in [3.8, 4) is 0 Å². The molecule has 4 aromatic rings. The molecular formula is C24H17BrN2O3. The van der Waals surface area contributed by atoms with Crippen molar-refractivity contribution in [2.75, 3.05) is 4.90 Å². The fraction of sp³-hybridized carbons (Fsp3) is 0.125. The molecule has 0 bridgehead atoms. The van der Waals surface area contributed by atoms with E-state index in [9.17, 15) is 9.59 Å². The number of aromatic nitrogens is 1. The van der Waals surface area contributed by atoms with Gasteiger partial charge in [-0.3, -0.25) is 14.5 Å². The van der Waals surface area contributed by atoms with Gasteiger partial charge in [0.25, 0.3) is 5.91 Å². The van der Waals surface area contributed by atoms with Crippen LogP contribution >= 0.6 is 15.9 Å². The van der Waals surface area contributed by atoms with Gasteiger partial charge in [0.2, 0.25) is 5.76 Å². The van der Waals surface area contributed by atoms with Crippen LogP contribution in [0.5, 0.6) is 0 Å². The molecule has 2 aromatic heterocycles. The summed E-state index contributed by atoms with van der Waals surface area (Å²) < 4.78 is 6.74. The van der Waals surface area contributed by atoms with E-state index in [2.05, 4.69) is 20.9 Å². The standard InChI is InChI=1S/C24H17BrN2O3/c1-13-3-5-15(6-4-13)21-20-22(28)17-12-16(25)7-8-18(17)30-23(20)24(29)27(21)19-11-14(2)9-10-26-19/h3-12,21H,1-2H3/t21-/m0/s1.